The molecule has 1 saturated heterocycles. The first kappa shape index (κ1) is 13.9. The van der Waals surface area contributed by atoms with Gasteiger partial charge >= 0.3 is 0 Å². The molecule has 1 aromatic rings. The van der Waals surface area contributed by atoms with Crippen molar-refractivity contribution in [2.24, 2.45) is 0 Å². The summed E-state index contributed by atoms with van der Waals surface area (Å²) in [6, 6.07) is 6.42. The van der Waals surface area contributed by atoms with Crippen LogP contribution >= 0.6 is 0 Å². The first-order chi connectivity index (χ1) is 9.54. The summed E-state index contributed by atoms with van der Waals surface area (Å²) in [6.07, 6.45) is 2.38. The van der Waals surface area contributed by atoms with Crippen LogP contribution in [0.1, 0.15) is 11.1 Å². The summed E-state index contributed by atoms with van der Waals surface area (Å²) >= 11 is 0. The maximum Gasteiger partial charge on any atom is 0.211 e. The number of hydrogen-bond acceptors (Lipinski definition) is 4. The molecule has 2 heterocycles. The van der Waals surface area contributed by atoms with Crippen LogP contribution in [0.2, 0.25) is 0 Å². The van der Waals surface area contributed by atoms with Gasteiger partial charge in [0.15, 0.2) is 0 Å². The molecule has 1 fully saturated rings. The molecule has 0 saturated carbocycles. The Morgan fingerprint density at radius 1 is 1.20 bits per heavy atom. The van der Waals surface area contributed by atoms with Crippen LogP contribution < -0.4 is 5.32 Å². The summed E-state index contributed by atoms with van der Waals surface area (Å²) in [5.41, 5.74) is 4.07. The van der Waals surface area contributed by atoms with E-state index in [0.717, 1.165) is 32.6 Å². The lowest BCUT2D eigenvalue weighted by molar-refractivity contribution is 0.182. The Bertz CT molecular complexity index is 592. The molecule has 0 aliphatic carbocycles. The zero-order valence-corrected chi connectivity index (χ0v) is 12.6. The zero-order valence-electron chi connectivity index (χ0n) is 11.8. The Hall–Kier alpha value is -1.11. The number of fused-ring (bicyclic) bond motifs is 1. The third kappa shape index (κ3) is 2.82. The second kappa shape index (κ2) is 5.35. The molecule has 0 aromatic heterocycles. The van der Waals surface area contributed by atoms with Crippen molar-refractivity contribution in [3.63, 3.8) is 0 Å². The predicted molar refractivity (Wildman–Crippen MR) is 80.3 cm³/mol. The van der Waals surface area contributed by atoms with Gasteiger partial charge in [0.2, 0.25) is 10.0 Å². The van der Waals surface area contributed by atoms with Crippen molar-refractivity contribution < 1.29 is 8.42 Å². The lowest BCUT2D eigenvalue weighted by Gasteiger charge is -2.33. The minimum absolute atomic E-state index is 0.603. The van der Waals surface area contributed by atoms with Crippen molar-refractivity contribution in [1.29, 1.82) is 0 Å². The van der Waals surface area contributed by atoms with E-state index in [9.17, 15) is 8.42 Å². The van der Waals surface area contributed by atoms with E-state index in [1.165, 1.54) is 23.1 Å². The van der Waals surface area contributed by atoms with E-state index in [1.807, 2.05) is 0 Å². The van der Waals surface area contributed by atoms with Gasteiger partial charge in [-0.15, -0.1) is 0 Å². The number of nitrogens with one attached hydrogen (secondary N) is 1. The summed E-state index contributed by atoms with van der Waals surface area (Å²) in [4.78, 5) is 2.34. The normalized spacial score (nSPS) is 20.6. The van der Waals surface area contributed by atoms with Gasteiger partial charge in [0.05, 0.1) is 6.26 Å². The van der Waals surface area contributed by atoms with Crippen LogP contribution in [0.25, 0.3) is 0 Å². The smallest absolute Gasteiger partial charge is 0.211 e. The van der Waals surface area contributed by atoms with Crippen molar-refractivity contribution in [2.45, 2.75) is 13.0 Å². The van der Waals surface area contributed by atoms with Gasteiger partial charge < -0.3 is 5.32 Å². The third-order valence-corrected chi connectivity index (χ3v) is 5.46. The first-order valence-electron chi connectivity index (χ1n) is 7.06. The van der Waals surface area contributed by atoms with Gasteiger partial charge in [-0.25, -0.2) is 8.42 Å². The van der Waals surface area contributed by atoms with Crippen LogP contribution in [-0.2, 0) is 23.0 Å². The summed E-state index contributed by atoms with van der Waals surface area (Å²) in [5, 5.41) is 3.40. The van der Waals surface area contributed by atoms with Crippen molar-refractivity contribution >= 4 is 15.7 Å². The summed E-state index contributed by atoms with van der Waals surface area (Å²) in [5.74, 6) is 0. The van der Waals surface area contributed by atoms with E-state index >= 15 is 0 Å². The van der Waals surface area contributed by atoms with Crippen molar-refractivity contribution in [3.05, 3.63) is 29.3 Å². The molecule has 0 atom stereocenters. The number of sulfonamides is 1. The molecular weight excluding hydrogens is 274 g/mol. The van der Waals surface area contributed by atoms with Crippen molar-refractivity contribution in [3.8, 4) is 0 Å². The fourth-order valence-corrected chi connectivity index (χ4v) is 3.85. The summed E-state index contributed by atoms with van der Waals surface area (Å²) in [7, 11) is -3.04. The van der Waals surface area contributed by atoms with Crippen LogP contribution in [-0.4, -0.2) is 56.6 Å². The Kier molecular flexibility index (Phi) is 3.70. The second-order valence-corrected chi connectivity index (χ2v) is 7.54. The molecule has 1 N–H and O–H groups in total. The number of benzene rings is 1. The van der Waals surface area contributed by atoms with Gasteiger partial charge in [-0.3, -0.25) is 4.90 Å². The molecule has 6 heteroatoms. The first-order valence-corrected chi connectivity index (χ1v) is 8.91. The molecule has 0 unspecified atom stereocenters. The molecule has 3 rings (SSSR count). The van der Waals surface area contributed by atoms with Gasteiger partial charge in [-0.2, -0.15) is 4.31 Å². The number of rotatable bonds is 3. The second-order valence-electron chi connectivity index (χ2n) is 5.56. The van der Waals surface area contributed by atoms with E-state index in [2.05, 4.69) is 28.4 Å². The molecule has 2 aliphatic heterocycles. The van der Waals surface area contributed by atoms with Crippen molar-refractivity contribution in [2.75, 3.05) is 44.3 Å². The van der Waals surface area contributed by atoms with E-state index in [1.54, 1.807) is 4.31 Å². The molecule has 2 aliphatic rings. The maximum absolute atomic E-state index is 11.5. The number of nitrogens with zero attached hydrogens (tertiary/aromatic N) is 2. The molecule has 0 amide bonds. The minimum atomic E-state index is -3.04. The summed E-state index contributed by atoms with van der Waals surface area (Å²) < 4.78 is 24.6. The topological polar surface area (TPSA) is 52.7 Å². The molecule has 0 bridgehead atoms. The maximum atomic E-state index is 11.5. The zero-order chi connectivity index (χ0) is 14.2. The summed E-state index contributed by atoms with van der Waals surface area (Å²) in [6.45, 7) is 4.77. The van der Waals surface area contributed by atoms with Gasteiger partial charge in [0.25, 0.3) is 0 Å². The molecule has 1 aromatic carbocycles. The van der Waals surface area contributed by atoms with Gasteiger partial charge in [0.1, 0.15) is 0 Å². The van der Waals surface area contributed by atoms with Gasteiger partial charge in [0, 0.05) is 45.0 Å². The highest BCUT2D eigenvalue weighted by atomic mass is 32.2. The van der Waals surface area contributed by atoms with Crippen LogP contribution in [0.15, 0.2) is 18.2 Å². The Labute approximate surface area is 120 Å². The SMILES string of the molecule is CS(=O)(=O)N1CCN(Cc2cccc3c2CCN3)CC1. The fraction of sp³-hybridized carbons (Fsp3) is 0.571. The van der Waals surface area contributed by atoms with Crippen molar-refractivity contribution in [1.82, 2.24) is 9.21 Å². The van der Waals surface area contributed by atoms with Gasteiger partial charge in [-0.05, 0) is 23.6 Å². The van der Waals surface area contributed by atoms with Crippen LogP contribution in [0, 0.1) is 0 Å². The number of hydrogen-bond donors (Lipinski definition) is 1. The lowest BCUT2D eigenvalue weighted by atomic mass is 10.0. The average molecular weight is 295 g/mol. The Morgan fingerprint density at radius 3 is 2.65 bits per heavy atom. The fourth-order valence-electron chi connectivity index (χ4n) is 3.03. The van der Waals surface area contributed by atoms with Crippen LogP contribution in [0.3, 0.4) is 0 Å². The van der Waals surface area contributed by atoms with E-state index in [0.29, 0.717) is 13.1 Å². The number of piperazine rings is 1. The highest BCUT2D eigenvalue weighted by Gasteiger charge is 2.24. The standard InChI is InChI=1S/C14H21N3O2S/c1-20(18,19)17-9-7-16(8-10-17)11-12-3-2-4-14-13(12)5-6-15-14/h2-4,15H,5-11H2,1H3. The highest BCUT2D eigenvalue weighted by molar-refractivity contribution is 7.88. The molecular formula is C14H21N3O2S. The third-order valence-electron chi connectivity index (χ3n) is 4.16. The van der Waals surface area contributed by atoms with Gasteiger partial charge in [-0.1, -0.05) is 12.1 Å². The van der Waals surface area contributed by atoms with E-state index in [-0.39, 0.29) is 0 Å². The predicted octanol–water partition coefficient (Wildman–Crippen LogP) is 0.732. The molecule has 110 valence electrons. The Morgan fingerprint density at radius 2 is 1.95 bits per heavy atom. The number of anilines is 1. The average Bonchev–Trinajstić information content (AvgIpc) is 2.88. The van der Waals surface area contributed by atoms with Crippen LogP contribution in [0.5, 0.6) is 0 Å². The Balaban J connectivity index is 1.65. The quantitative estimate of drug-likeness (QED) is 0.893. The molecule has 0 radical (unpaired) electrons. The van der Waals surface area contributed by atoms with E-state index < -0.39 is 10.0 Å². The molecule has 0 spiro atoms. The lowest BCUT2D eigenvalue weighted by Crippen LogP contribution is -2.47. The van der Waals surface area contributed by atoms with E-state index in [4.69, 9.17) is 0 Å². The minimum Gasteiger partial charge on any atom is -0.384 e. The monoisotopic (exact) mass is 295 g/mol. The molecule has 5 nitrogen and oxygen atoms in total. The largest absolute Gasteiger partial charge is 0.384 e. The highest BCUT2D eigenvalue weighted by Crippen LogP contribution is 2.26. The molecule has 20 heavy (non-hydrogen) atoms. The van der Waals surface area contributed by atoms with Crippen LogP contribution in [0.4, 0.5) is 5.69 Å².